The Morgan fingerprint density at radius 2 is 1.71 bits per heavy atom. The van der Waals surface area contributed by atoms with Gasteiger partial charge in [0.1, 0.15) is 5.82 Å². The summed E-state index contributed by atoms with van der Waals surface area (Å²) in [5, 5.41) is 6.62. The van der Waals surface area contributed by atoms with Crippen LogP contribution in [0.5, 0.6) is 0 Å². The standard InChI is InChI=1S/C20H22N4/c1-14-8-9-18(12-16(14)3)23-20-21-11-10-19(24-20)22-13-17-7-5-4-6-15(17)2/h4-12H,13H2,1-3H3,(H2,21,22,23,24). The van der Waals surface area contributed by atoms with Crippen molar-refractivity contribution < 1.29 is 0 Å². The van der Waals surface area contributed by atoms with Gasteiger partial charge in [-0.2, -0.15) is 4.98 Å². The van der Waals surface area contributed by atoms with Crippen LogP contribution in [0.2, 0.25) is 0 Å². The summed E-state index contributed by atoms with van der Waals surface area (Å²) in [6.07, 6.45) is 1.76. The van der Waals surface area contributed by atoms with Gasteiger partial charge in [0.25, 0.3) is 0 Å². The van der Waals surface area contributed by atoms with E-state index in [1.165, 1.54) is 22.3 Å². The first kappa shape index (κ1) is 16.0. The summed E-state index contributed by atoms with van der Waals surface area (Å²) < 4.78 is 0. The fraction of sp³-hybridized carbons (Fsp3) is 0.200. The van der Waals surface area contributed by atoms with Gasteiger partial charge in [-0.3, -0.25) is 0 Å². The Morgan fingerprint density at radius 3 is 2.50 bits per heavy atom. The molecule has 1 aromatic heterocycles. The highest BCUT2D eigenvalue weighted by Crippen LogP contribution is 2.18. The molecule has 0 radical (unpaired) electrons. The summed E-state index contributed by atoms with van der Waals surface area (Å²) in [4.78, 5) is 8.83. The first-order valence-corrected chi connectivity index (χ1v) is 8.07. The molecule has 4 heteroatoms. The van der Waals surface area contributed by atoms with E-state index in [9.17, 15) is 0 Å². The van der Waals surface area contributed by atoms with E-state index < -0.39 is 0 Å². The van der Waals surface area contributed by atoms with Crippen LogP contribution in [-0.2, 0) is 6.54 Å². The molecular weight excluding hydrogens is 296 g/mol. The number of aromatic nitrogens is 2. The van der Waals surface area contributed by atoms with E-state index in [2.05, 4.69) is 77.8 Å². The van der Waals surface area contributed by atoms with Gasteiger partial charge >= 0.3 is 0 Å². The molecule has 4 nitrogen and oxygen atoms in total. The van der Waals surface area contributed by atoms with Crippen LogP contribution in [0.15, 0.2) is 54.7 Å². The molecule has 3 aromatic rings. The minimum Gasteiger partial charge on any atom is -0.366 e. The van der Waals surface area contributed by atoms with Crippen LogP contribution in [0.1, 0.15) is 22.3 Å². The molecule has 0 bridgehead atoms. The monoisotopic (exact) mass is 318 g/mol. The lowest BCUT2D eigenvalue weighted by molar-refractivity contribution is 1.07. The van der Waals surface area contributed by atoms with Gasteiger partial charge in [0, 0.05) is 18.4 Å². The predicted octanol–water partition coefficient (Wildman–Crippen LogP) is 4.76. The van der Waals surface area contributed by atoms with Crippen molar-refractivity contribution in [2.24, 2.45) is 0 Å². The van der Waals surface area contributed by atoms with Crippen LogP contribution in [0.3, 0.4) is 0 Å². The Kier molecular flexibility index (Phi) is 4.75. The summed E-state index contributed by atoms with van der Waals surface area (Å²) in [7, 11) is 0. The number of hydrogen-bond donors (Lipinski definition) is 2. The van der Waals surface area contributed by atoms with E-state index in [4.69, 9.17) is 0 Å². The van der Waals surface area contributed by atoms with Gasteiger partial charge in [0.05, 0.1) is 0 Å². The molecule has 0 aliphatic carbocycles. The number of benzene rings is 2. The molecule has 1 heterocycles. The van der Waals surface area contributed by atoms with Gasteiger partial charge in [-0.15, -0.1) is 0 Å². The number of hydrogen-bond acceptors (Lipinski definition) is 4. The molecule has 0 amide bonds. The van der Waals surface area contributed by atoms with Gasteiger partial charge in [-0.05, 0) is 61.2 Å². The summed E-state index contributed by atoms with van der Waals surface area (Å²) in [5.41, 5.74) is 6.05. The summed E-state index contributed by atoms with van der Waals surface area (Å²) in [5.74, 6) is 1.40. The van der Waals surface area contributed by atoms with Crippen molar-refractivity contribution in [1.29, 1.82) is 0 Å². The lowest BCUT2D eigenvalue weighted by Gasteiger charge is -2.10. The minimum atomic E-state index is 0.591. The van der Waals surface area contributed by atoms with Crippen LogP contribution in [-0.4, -0.2) is 9.97 Å². The van der Waals surface area contributed by atoms with E-state index in [1.807, 2.05) is 12.1 Å². The highest BCUT2D eigenvalue weighted by Gasteiger charge is 2.03. The maximum absolute atomic E-state index is 4.53. The summed E-state index contributed by atoms with van der Waals surface area (Å²) >= 11 is 0. The predicted molar refractivity (Wildman–Crippen MR) is 99.7 cm³/mol. The first-order valence-electron chi connectivity index (χ1n) is 8.07. The average Bonchev–Trinajstić information content (AvgIpc) is 2.58. The smallest absolute Gasteiger partial charge is 0.229 e. The Labute approximate surface area is 143 Å². The zero-order valence-electron chi connectivity index (χ0n) is 14.3. The minimum absolute atomic E-state index is 0.591. The quantitative estimate of drug-likeness (QED) is 0.712. The number of nitrogens with zero attached hydrogens (tertiary/aromatic N) is 2. The number of nitrogens with one attached hydrogen (secondary N) is 2. The van der Waals surface area contributed by atoms with Crippen molar-refractivity contribution in [3.05, 3.63) is 77.0 Å². The van der Waals surface area contributed by atoms with Gasteiger partial charge in [-0.1, -0.05) is 30.3 Å². The molecule has 0 aliphatic rings. The lowest BCUT2D eigenvalue weighted by Crippen LogP contribution is -2.05. The fourth-order valence-electron chi connectivity index (χ4n) is 2.46. The van der Waals surface area contributed by atoms with Crippen molar-refractivity contribution in [2.75, 3.05) is 10.6 Å². The van der Waals surface area contributed by atoms with Crippen molar-refractivity contribution in [3.63, 3.8) is 0 Å². The molecule has 2 N–H and O–H groups in total. The number of anilines is 3. The Bertz CT molecular complexity index is 843. The Morgan fingerprint density at radius 1 is 0.875 bits per heavy atom. The van der Waals surface area contributed by atoms with E-state index in [1.54, 1.807) is 6.20 Å². The molecule has 3 rings (SSSR count). The molecule has 0 saturated heterocycles. The zero-order chi connectivity index (χ0) is 16.9. The fourth-order valence-corrected chi connectivity index (χ4v) is 2.46. The molecule has 122 valence electrons. The first-order chi connectivity index (χ1) is 11.6. The molecular formula is C20H22N4. The third-order valence-corrected chi connectivity index (χ3v) is 4.14. The maximum atomic E-state index is 4.53. The number of rotatable bonds is 5. The molecule has 0 unspecified atom stereocenters. The highest BCUT2D eigenvalue weighted by atomic mass is 15.1. The topological polar surface area (TPSA) is 49.8 Å². The Balaban J connectivity index is 1.69. The average molecular weight is 318 g/mol. The third-order valence-electron chi connectivity index (χ3n) is 4.14. The van der Waals surface area contributed by atoms with Crippen molar-refractivity contribution in [3.8, 4) is 0 Å². The van der Waals surface area contributed by atoms with Crippen LogP contribution in [0.4, 0.5) is 17.5 Å². The van der Waals surface area contributed by atoms with E-state index in [-0.39, 0.29) is 0 Å². The van der Waals surface area contributed by atoms with Crippen LogP contribution in [0, 0.1) is 20.8 Å². The molecule has 24 heavy (non-hydrogen) atoms. The summed E-state index contributed by atoms with van der Waals surface area (Å²) in [6, 6.07) is 16.5. The van der Waals surface area contributed by atoms with Gasteiger partial charge in [-0.25, -0.2) is 4.98 Å². The van der Waals surface area contributed by atoms with Crippen LogP contribution >= 0.6 is 0 Å². The normalized spacial score (nSPS) is 10.5. The molecule has 0 saturated carbocycles. The molecule has 2 aromatic carbocycles. The number of aryl methyl sites for hydroxylation is 3. The SMILES string of the molecule is Cc1ccc(Nc2nccc(NCc3ccccc3C)n2)cc1C. The maximum Gasteiger partial charge on any atom is 0.229 e. The van der Waals surface area contributed by atoms with Crippen molar-refractivity contribution in [2.45, 2.75) is 27.3 Å². The van der Waals surface area contributed by atoms with Crippen molar-refractivity contribution in [1.82, 2.24) is 9.97 Å². The highest BCUT2D eigenvalue weighted by molar-refractivity contribution is 5.56. The molecule has 0 spiro atoms. The largest absolute Gasteiger partial charge is 0.366 e. The van der Waals surface area contributed by atoms with E-state index >= 15 is 0 Å². The lowest BCUT2D eigenvalue weighted by atomic mass is 10.1. The molecule has 0 aliphatic heterocycles. The second-order valence-electron chi connectivity index (χ2n) is 5.97. The molecule has 0 atom stereocenters. The van der Waals surface area contributed by atoms with Crippen LogP contribution in [0.25, 0.3) is 0 Å². The Hall–Kier alpha value is -2.88. The molecule has 0 fully saturated rings. The van der Waals surface area contributed by atoms with Gasteiger partial charge in [0.2, 0.25) is 5.95 Å². The van der Waals surface area contributed by atoms with Gasteiger partial charge in [0.15, 0.2) is 0 Å². The van der Waals surface area contributed by atoms with E-state index in [0.29, 0.717) is 5.95 Å². The van der Waals surface area contributed by atoms with Crippen LogP contribution < -0.4 is 10.6 Å². The second-order valence-corrected chi connectivity index (χ2v) is 5.97. The van der Waals surface area contributed by atoms with Gasteiger partial charge < -0.3 is 10.6 Å². The van der Waals surface area contributed by atoms with E-state index in [0.717, 1.165) is 18.1 Å². The third kappa shape index (κ3) is 3.90. The zero-order valence-corrected chi connectivity index (χ0v) is 14.3. The second kappa shape index (κ2) is 7.13. The summed E-state index contributed by atoms with van der Waals surface area (Å²) in [6.45, 7) is 7.06. The van der Waals surface area contributed by atoms with Crippen molar-refractivity contribution >= 4 is 17.5 Å².